The van der Waals surface area contributed by atoms with Gasteiger partial charge in [-0.2, -0.15) is 0 Å². The Morgan fingerprint density at radius 3 is 2.64 bits per heavy atom. The van der Waals surface area contributed by atoms with E-state index in [1.807, 2.05) is 66.9 Å². The number of nitrogens with one attached hydrogen (secondary N) is 1. The average molecular weight is 342 g/mol. The highest BCUT2D eigenvalue weighted by atomic mass is 32.1. The third-order valence-electron chi connectivity index (χ3n) is 4.23. The third kappa shape index (κ3) is 2.55. The first-order valence-electron chi connectivity index (χ1n) is 7.77. The number of aromatic amines is 1. The van der Waals surface area contributed by atoms with Gasteiger partial charge in [0.25, 0.3) is 5.91 Å². The fourth-order valence-corrected chi connectivity index (χ4v) is 3.32. The van der Waals surface area contributed by atoms with Crippen LogP contribution in [-0.2, 0) is 4.79 Å². The van der Waals surface area contributed by atoms with E-state index in [-0.39, 0.29) is 5.91 Å². The van der Waals surface area contributed by atoms with Crippen molar-refractivity contribution in [3.8, 4) is 23.6 Å². The Morgan fingerprint density at radius 2 is 1.92 bits per heavy atom. The topological polar surface area (TPSA) is 36.1 Å². The standard InChI is InChI=1S/C21H14N2OS/c1-2-23-19-10-9-14(16-7-3-4-8-20(16)25)12-17(19)18(21(23)24)13-15-6-5-11-22-15/h1,3-13,22,25H. The Bertz CT molecular complexity index is 1040. The van der Waals surface area contributed by atoms with Crippen molar-refractivity contribution in [2.24, 2.45) is 0 Å². The van der Waals surface area contributed by atoms with Gasteiger partial charge in [0.1, 0.15) is 0 Å². The van der Waals surface area contributed by atoms with E-state index in [9.17, 15) is 4.79 Å². The van der Waals surface area contributed by atoms with Crippen molar-refractivity contribution < 1.29 is 4.79 Å². The minimum atomic E-state index is -0.191. The van der Waals surface area contributed by atoms with Gasteiger partial charge < -0.3 is 4.98 Å². The quantitative estimate of drug-likeness (QED) is 0.403. The summed E-state index contributed by atoms with van der Waals surface area (Å²) in [6.07, 6.45) is 9.20. The Kier molecular flexibility index (Phi) is 3.72. The van der Waals surface area contributed by atoms with Crippen molar-refractivity contribution in [1.29, 1.82) is 0 Å². The highest BCUT2D eigenvalue weighted by Gasteiger charge is 2.32. The average Bonchev–Trinajstić information content (AvgIpc) is 3.22. The zero-order valence-electron chi connectivity index (χ0n) is 13.2. The number of aromatic nitrogens is 1. The first-order valence-corrected chi connectivity index (χ1v) is 8.22. The van der Waals surface area contributed by atoms with Crippen molar-refractivity contribution in [3.63, 3.8) is 0 Å². The number of hydrogen-bond acceptors (Lipinski definition) is 2. The zero-order chi connectivity index (χ0) is 17.4. The van der Waals surface area contributed by atoms with Crippen LogP contribution in [0.5, 0.6) is 0 Å². The van der Waals surface area contributed by atoms with Crippen molar-refractivity contribution in [2.45, 2.75) is 4.90 Å². The number of H-pyrrole nitrogens is 1. The molecule has 0 fully saturated rings. The number of amides is 1. The molecule has 1 aliphatic rings. The molecule has 4 heteroatoms. The number of carbonyl (C=O) groups is 1. The summed E-state index contributed by atoms with van der Waals surface area (Å²) in [5.74, 6) is -0.191. The first-order chi connectivity index (χ1) is 12.2. The monoisotopic (exact) mass is 342 g/mol. The van der Waals surface area contributed by atoms with Crippen molar-refractivity contribution in [1.82, 2.24) is 4.98 Å². The van der Waals surface area contributed by atoms with Crippen LogP contribution in [-0.4, -0.2) is 10.9 Å². The first kappa shape index (κ1) is 15.4. The molecule has 4 rings (SSSR count). The van der Waals surface area contributed by atoms with Gasteiger partial charge in [-0.3, -0.25) is 4.79 Å². The van der Waals surface area contributed by atoms with Gasteiger partial charge in [-0.1, -0.05) is 30.7 Å². The lowest BCUT2D eigenvalue weighted by Gasteiger charge is -2.09. The van der Waals surface area contributed by atoms with E-state index in [0.29, 0.717) is 5.57 Å². The highest BCUT2D eigenvalue weighted by molar-refractivity contribution is 7.80. The summed E-state index contributed by atoms with van der Waals surface area (Å²) in [7, 11) is 0. The lowest BCUT2D eigenvalue weighted by atomic mass is 9.99. The summed E-state index contributed by atoms with van der Waals surface area (Å²) in [5, 5.41) is 0. The van der Waals surface area contributed by atoms with Gasteiger partial charge in [-0.05, 0) is 47.5 Å². The second kappa shape index (κ2) is 6.04. The zero-order valence-corrected chi connectivity index (χ0v) is 14.1. The van der Waals surface area contributed by atoms with E-state index in [2.05, 4.69) is 23.7 Å². The van der Waals surface area contributed by atoms with Crippen LogP contribution in [0.15, 0.2) is 65.7 Å². The smallest absolute Gasteiger partial charge is 0.270 e. The normalized spacial score (nSPS) is 14.6. The van der Waals surface area contributed by atoms with E-state index in [1.54, 1.807) is 0 Å². The number of rotatable bonds is 2. The molecule has 0 atom stereocenters. The highest BCUT2D eigenvalue weighted by Crippen LogP contribution is 2.40. The Hall–Kier alpha value is -3.16. The molecular weight excluding hydrogens is 328 g/mol. The molecule has 0 aliphatic carbocycles. The molecule has 0 bridgehead atoms. The van der Waals surface area contributed by atoms with Crippen molar-refractivity contribution in [3.05, 3.63) is 72.1 Å². The van der Waals surface area contributed by atoms with Gasteiger partial charge in [-0.25, -0.2) is 4.90 Å². The summed E-state index contributed by atoms with van der Waals surface area (Å²) in [4.78, 5) is 18.0. The summed E-state index contributed by atoms with van der Waals surface area (Å²) >= 11 is 4.53. The number of fused-ring (bicyclic) bond motifs is 1. The maximum atomic E-state index is 12.7. The van der Waals surface area contributed by atoms with Crippen LogP contribution < -0.4 is 4.90 Å². The Morgan fingerprint density at radius 1 is 1.08 bits per heavy atom. The van der Waals surface area contributed by atoms with Crippen LogP contribution in [0.25, 0.3) is 22.8 Å². The number of carbonyl (C=O) groups excluding carboxylic acids is 1. The molecule has 1 aromatic heterocycles. The van der Waals surface area contributed by atoms with Crippen molar-refractivity contribution in [2.75, 3.05) is 4.90 Å². The predicted molar refractivity (Wildman–Crippen MR) is 104 cm³/mol. The molecule has 120 valence electrons. The number of benzene rings is 2. The minimum absolute atomic E-state index is 0.191. The molecule has 2 heterocycles. The Labute approximate surface area is 151 Å². The van der Waals surface area contributed by atoms with Crippen LogP contribution in [0, 0.1) is 12.5 Å². The Balaban J connectivity index is 1.90. The van der Waals surface area contributed by atoms with E-state index in [0.717, 1.165) is 33.0 Å². The van der Waals surface area contributed by atoms with Crippen molar-refractivity contribution >= 4 is 35.9 Å². The van der Waals surface area contributed by atoms with Gasteiger partial charge in [0, 0.05) is 28.4 Å². The number of nitrogens with zero attached hydrogens (tertiary/aromatic N) is 1. The van der Waals surface area contributed by atoms with Crippen LogP contribution in [0.4, 0.5) is 5.69 Å². The fourth-order valence-electron chi connectivity index (χ4n) is 3.03. The van der Waals surface area contributed by atoms with Crippen LogP contribution in [0.3, 0.4) is 0 Å². The van der Waals surface area contributed by atoms with E-state index < -0.39 is 0 Å². The molecule has 1 aliphatic heterocycles. The molecule has 2 aromatic carbocycles. The molecule has 0 radical (unpaired) electrons. The predicted octanol–water partition coefficient (Wildman–Crippen LogP) is 4.45. The van der Waals surface area contributed by atoms with Gasteiger partial charge in [0.15, 0.2) is 0 Å². The lowest BCUT2D eigenvalue weighted by molar-refractivity contribution is -0.112. The molecule has 1 N–H and O–H groups in total. The van der Waals surface area contributed by atoms with E-state index >= 15 is 0 Å². The fraction of sp³-hybridized carbons (Fsp3) is 0. The summed E-state index contributed by atoms with van der Waals surface area (Å²) < 4.78 is 0. The molecular formula is C21H14N2OS. The second-order valence-corrected chi connectivity index (χ2v) is 6.18. The summed E-state index contributed by atoms with van der Waals surface area (Å²) in [6, 6.07) is 20.0. The minimum Gasteiger partial charge on any atom is -0.362 e. The maximum Gasteiger partial charge on any atom is 0.270 e. The third-order valence-corrected chi connectivity index (χ3v) is 4.62. The molecule has 0 spiro atoms. The summed E-state index contributed by atoms with van der Waals surface area (Å²) in [6.45, 7) is 0. The second-order valence-electron chi connectivity index (χ2n) is 5.70. The van der Waals surface area contributed by atoms with Gasteiger partial charge in [0.2, 0.25) is 0 Å². The summed E-state index contributed by atoms with van der Waals surface area (Å²) in [5.41, 5.74) is 4.99. The molecule has 3 nitrogen and oxygen atoms in total. The van der Waals surface area contributed by atoms with Crippen LogP contribution in [0.2, 0.25) is 0 Å². The van der Waals surface area contributed by atoms with E-state index in [1.165, 1.54) is 4.90 Å². The SMILES string of the molecule is C#CN1C(=O)C(=Cc2ccc[nH]2)c2cc(-c3ccccc3S)ccc21. The molecule has 1 amide bonds. The molecule has 0 unspecified atom stereocenters. The molecule has 25 heavy (non-hydrogen) atoms. The van der Waals surface area contributed by atoms with Gasteiger partial charge >= 0.3 is 0 Å². The molecule has 3 aromatic rings. The molecule has 0 saturated heterocycles. The number of anilines is 1. The number of terminal acetylenes is 1. The van der Waals surface area contributed by atoms with Gasteiger partial charge in [-0.15, -0.1) is 12.6 Å². The molecule has 0 saturated carbocycles. The number of hydrogen-bond donors (Lipinski definition) is 2. The largest absolute Gasteiger partial charge is 0.362 e. The van der Waals surface area contributed by atoms with Gasteiger partial charge in [0.05, 0.1) is 11.3 Å². The van der Waals surface area contributed by atoms with Crippen LogP contribution in [0.1, 0.15) is 11.3 Å². The lowest BCUT2D eigenvalue weighted by Crippen LogP contribution is -2.19. The number of thiol groups is 1. The van der Waals surface area contributed by atoms with Crippen LogP contribution >= 0.6 is 12.6 Å². The van der Waals surface area contributed by atoms with E-state index in [4.69, 9.17) is 6.42 Å². The maximum absolute atomic E-state index is 12.7.